The number of halogens is 1. The van der Waals surface area contributed by atoms with E-state index in [9.17, 15) is 4.39 Å². The van der Waals surface area contributed by atoms with Crippen molar-refractivity contribution in [2.75, 3.05) is 6.54 Å². The quantitative estimate of drug-likeness (QED) is 0.829. The minimum absolute atomic E-state index is 0.0119. The molecule has 0 saturated heterocycles. The number of nitrogens with two attached hydrogens (primary N) is 1. The van der Waals surface area contributed by atoms with Crippen molar-refractivity contribution in [1.82, 2.24) is 0 Å². The van der Waals surface area contributed by atoms with Gasteiger partial charge in [-0.15, -0.1) is 0 Å². The molecule has 2 N–H and O–H groups in total. The topological polar surface area (TPSA) is 26.0 Å². The van der Waals surface area contributed by atoms with E-state index in [1.54, 1.807) is 0 Å². The summed E-state index contributed by atoms with van der Waals surface area (Å²) < 4.78 is 14.7. The predicted molar refractivity (Wildman–Crippen MR) is 86.0 cm³/mol. The highest BCUT2D eigenvalue weighted by Gasteiger charge is 2.33. The second-order valence-electron chi connectivity index (χ2n) is 7.12. The van der Waals surface area contributed by atoms with Crippen molar-refractivity contribution in [3.63, 3.8) is 0 Å². The highest BCUT2D eigenvalue weighted by Crippen LogP contribution is 2.40. The average molecular weight is 289 g/mol. The van der Waals surface area contributed by atoms with Gasteiger partial charge in [-0.1, -0.05) is 50.7 Å². The number of benzene rings is 1. The zero-order valence-corrected chi connectivity index (χ0v) is 13.0. The third kappa shape index (κ3) is 3.01. The molecular formula is C19H28FN. The van der Waals surface area contributed by atoms with Crippen molar-refractivity contribution in [1.29, 1.82) is 0 Å². The molecule has 0 spiro atoms. The Labute approximate surface area is 128 Å². The van der Waals surface area contributed by atoms with Crippen LogP contribution >= 0.6 is 0 Å². The lowest BCUT2D eigenvalue weighted by atomic mass is 9.69. The SMILES string of the molecule is NCC1(c2ccc(C3CCCCC3)c(F)c2)CCCCC1. The normalized spacial score (nSPS) is 23.1. The van der Waals surface area contributed by atoms with E-state index in [4.69, 9.17) is 5.73 Å². The van der Waals surface area contributed by atoms with Crippen LogP contribution in [-0.4, -0.2) is 6.54 Å². The number of hydrogen-bond acceptors (Lipinski definition) is 1. The van der Waals surface area contributed by atoms with E-state index in [0.717, 1.165) is 36.8 Å². The van der Waals surface area contributed by atoms with E-state index in [2.05, 4.69) is 12.1 Å². The lowest BCUT2D eigenvalue weighted by molar-refractivity contribution is 0.299. The van der Waals surface area contributed by atoms with Gasteiger partial charge in [0.05, 0.1) is 0 Å². The van der Waals surface area contributed by atoms with E-state index < -0.39 is 0 Å². The Hall–Kier alpha value is -0.890. The summed E-state index contributed by atoms with van der Waals surface area (Å²) in [5.41, 5.74) is 8.20. The zero-order chi connectivity index (χ0) is 14.7. The van der Waals surface area contributed by atoms with Crippen molar-refractivity contribution in [2.24, 2.45) is 5.73 Å². The van der Waals surface area contributed by atoms with Crippen LogP contribution in [0.25, 0.3) is 0 Å². The second-order valence-corrected chi connectivity index (χ2v) is 7.12. The molecule has 116 valence electrons. The molecule has 2 fully saturated rings. The summed E-state index contributed by atoms with van der Waals surface area (Å²) in [6.45, 7) is 0.648. The molecule has 21 heavy (non-hydrogen) atoms. The first kappa shape index (κ1) is 15.0. The molecule has 2 aliphatic rings. The number of rotatable bonds is 3. The Morgan fingerprint density at radius 3 is 2.29 bits per heavy atom. The van der Waals surface area contributed by atoms with Gasteiger partial charge in [-0.3, -0.25) is 0 Å². The Morgan fingerprint density at radius 1 is 1.00 bits per heavy atom. The highest BCUT2D eigenvalue weighted by atomic mass is 19.1. The summed E-state index contributed by atoms with van der Waals surface area (Å²) in [6, 6.07) is 6.04. The Bertz CT molecular complexity index is 470. The molecule has 2 aliphatic carbocycles. The van der Waals surface area contributed by atoms with Crippen LogP contribution in [0.3, 0.4) is 0 Å². The molecule has 0 unspecified atom stereocenters. The molecule has 3 rings (SSSR count). The maximum absolute atomic E-state index is 14.7. The largest absolute Gasteiger partial charge is 0.330 e. The summed E-state index contributed by atoms with van der Waals surface area (Å²) in [7, 11) is 0. The maximum atomic E-state index is 14.7. The maximum Gasteiger partial charge on any atom is 0.126 e. The summed E-state index contributed by atoms with van der Waals surface area (Å²) >= 11 is 0. The lowest BCUT2D eigenvalue weighted by Gasteiger charge is -2.37. The molecule has 0 aromatic heterocycles. The van der Waals surface area contributed by atoms with Crippen LogP contribution in [0.5, 0.6) is 0 Å². The van der Waals surface area contributed by atoms with E-state index in [0.29, 0.717) is 12.5 Å². The summed E-state index contributed by atoms with van der Waals surface area (Å²) in [5, 5.41) is 0. The average Bonchev–Trinajstić information content (AvgIpc) is 2.56. The fourth-order valence-electron chi connectivity index (χ4n) is 4.44. The molecule has 0 aliphatic heterocycles. The van der Waals surface area contributed by atoms with E-state index in [1.165, 1.54) is 38.5 Å². The summed E-state index contributed by atoms with van der Waals surface area (Å²) in [6.07, 6.45) is 12.1. The molecule has 0 bridgehead atoms. The molecule has 2 saturated carbocycles. The fraction of sp³-hybridized carbons (Fsp3) is 0.684. The van der Waals surface area contributed by atoms with Crippen LogP contribution in [0.4, 0.5) is 4.39 Å². The van der Waals surface area contributed by atoms with Gasteiger partial charge in [0, 0.05) is 12.0 Å². The second kappa shape index (κ2) is 6.48. The van der Waals surface area contributed by atoms with Crippen LogP contribution in [0.2, 0.25) is 0 Å². The van der Waals surface area contributed by atoms with Gasteiger partial charge < -0.3 is 5.73 Å². The lowest BCUT2D eigenvalue weighted by Crippen LogP contribution is -2.37. The molecule has 1 nitrogen and oxygen atoms in total. The Kier molecular flexibility index (Phi) is 4.63. The number of hydrogen-bond donors (Lipinski definition) is 1. The van der Waals surface area contributed by atoms with Crippen molar-refractivity contribution in [3.8, 4) is 0 Å². The molecule has 0 amide bonds. The minimum atomic E-state index is 0.0119. The monoisotopic (exact) mass is 289 g/mol. The van der Waals surface area contributed by atoms with Gasteiger partial charge in [0.15, 0.2) is 0 Å². The first-order valence-corrected chi connectivity index (χ1v) is 8.75. The minimum Gasteiger partial charge on any atom is -0.330 e. The van der Waals surface area contributed by atoms with Crippen LogP contribution in [0.15, 0.2) is 18.2 Å². The smallest absolute Gasteiger partial charge is 0.126 e. The molecule has 0 atom stereocenters. The first-order chi connectivity index (χ1) is 10.2. The van der Waals surface area contributed by atoms with Gasteiger partial charge in [-0.25, -0.2) is 4.39 Å². The molecule has 2 heteroatoms. The molecule has 0 heterocycles. The fourth-order valence-corrected chi connectivity index (χ4v) is 4.44. The molecule has 1 aromatic carbocycles. The zero-order valence-electron chi connectivity index (χ0n) is 13.0. The first-order valence-electron chi connectivity index (χ1n) is 8.75. The van der Waals surface area contributed by atoms with Gasteiger partial charge in [-0.2, -0.15) is 0 Å². The van der Waals surface area contributed by atoms with Gasteiger partial charge in [0.25, 0.3) is 0 Å². The van der Waals surface area contributed by atoms with Crippen LogP contribution in [-0.2, 0) is 5.41 Å². The van der Waals surface area contributed by atoms with Crippen LogP contribution in [0.1, 0.15) is 81.3 Å². The van der Waals surface area contributed by atoms with Crippen LogP contribution in [0, 0.1) is 5.82 Å². The van der Waals surface area contributed by atoms with Crippen molar-refractivity contribution < 1.29 is 4.39 Å². The Balaban J connectivity index is 1.85. The summed E-state index contributed by atoms with van der Waals surface area (Å²) in [5.74, 6) is 0.450. The van der Waals surface area contributed by atoms with Gasteiger partial charge in [0.1, 0.15) is 5.82 Å². The van der Waals surface area contributed by atoms with E-state index in [-0.39, 0.29) is 11.2 Å². The molecule has 1 aromatic rings. The van der Waals surface area contributed by atoms with Gasteiger partial charge in [-0.05, 0) is 48.8 Å². The van der Waals surface area contributed by atoms with E-state index in [1.807, 2.05) is 6.07 Å². The van der Waals surface area contributed by atoms with E-state index >= 15 is 0 Å². The third-order valence-corrected chi connectivity index (χ3v) is 5.86. The van der Waals surface area contributed by atoms with Crippen LogP contribution < -0.4 is 5.73 Å². The van der Waals surface area contributed by atoms with Crippen molar-refractivity contribution in [3.05, 3.63) is 35.1 Å². The standard InChI is InChI=1S/C19H28FN/c20-18-13-16(19(14-21)11-5-2-6-12-19)9-10-17(18)15-7-3-1-4-8-15/h9-10,13,15H,1-8,11-12,14,21H2. The highest BCUT2D eigenvalue weighted by molar-refractivity contribution is 5.33. The molecular weight excluding hydrogens is 261 g/mol. The molecule has 0 radical (unpaired) electrons. The third-order valence-electron chi connectivity index (χ3n) is 5.86. The van der Waals surface area contributed by atoms with Gasteiger partial charge in [0.2, 0.25) is 0 Å². The summed E-state index contributed by atoms with van der Waals surface area (Å²) in [4.78, 5) is 0. The van der Waals surface area contributed by atoms with Crippen molar-refractivity contribution in [2.45, 2.75) is 75.5 Å². The predicted octanol–water partition coefficient (Wildman–Crippen LogP) is 5.03. The van der Waals surface area contributed by atoms with Crippen molar-refractivity contribution >= 4 is 0 Å². The Morgan fingerprint density at radius 2 is 1.67 bits per heavy atom. The van der Waals surface area contributed by atoms with Gasteiger partial charge >= 0.3 is 0 Å².